The predicted octanol–water partition coefficient (Wildman–Crippen LogP) is 8.19. The fourth-order valence-corrected chi connectivity index (χ4v) is 9.22. The van der Waals surface area contributed by atoms with Crippen molar-refractivity contribution in [2.45, 2.75) is 111 Å². The Bertz CT molecular complexity index is 676. The zero-order chi connectivity index (χ0) is 22.4. The molecule has 176 valence electrons. The number of fused-ring (bicyclic) bond motifs is 5. The van der Waals surface area contributed by atoms with E-state index in [1.54, 1.807) is 5.57 Å². The lowest BCUT2D eigenvalue weighted by atomic mass is 9.47. The first-order chi connectivity index (χ1) is 14.7. The molecule has 0 saturated heterocycles. The summed E-state index contributed by atoms with van der Waals surface area (Å²) in [7, 11) is 0. The molecule has 1 nitrogen and oxygen atoms in total. The predicted molar refractivity (Wildman–Crippen MR) is 133 cm³/mol. The van der Waals surface area contributed by atoms with E-state index in [4.69, 9.17) is 0 Å². The summed E-state index contributed by atoms with van der Waals surface area (Å²) in [4.78, 5) is 0. The average molecular weight is 427 g/mol. The molecule has 31 heavy (non-hydrogen) atoms. The van der Waals surface area contributed by atoms with E-state index in [1.807, 2.05) is 0 Å². The Morgan fingerprint density at radius 1 is 1.06 bits per heavy atom. The highest BCUT2D eigenvalue weighted by molar-refractivity contribution is 5.25. The van der Waals surface area contributed by atoms with Gasteiger partial charge in [-0.15, -0.1) is 6.58 Å². The zero-order valence-electron chi connectivity index (χ0n) is 21.2. The van der Waals surface area contributed by atoms with E-state index in [0.29, 0.717) is 16.7 Å². The van der Waals surface area contributed by atoms with E-state index in [1.165, 1.54) is 57.8 Å². The molecule has 4 aliphatic carbocycles. The molecule has 0 amide bonds. The van der Waals surface area contributed by atoms with Crippen molar-refractivity contribution < 1.29 is 5.11 Å². The Kier molecular flexibility index (Phi) is 6.85. The molecule has 9 unspecified atom stereocenters. The van der Waals surface area contributed by atoms with Crippen LogP contribution in [-0.4, -0.2) is 11.2 Å². The van der Waals surface area contributed by atoms with Gasteiger partial charge in [-0.3, -0.25) is 0 Å². The second-order valence-corrected chi connectivity index (χ2v) is 12.9. The Morgan fingerprint density at radius 2 is 1.84 bits per heavy atom. The van der Waals surface area contributed by atoms with Gasteiger partial charge in [0.05, 0.1) is 6.10 Å². The molecule has 0 aromatic rings. The largest absolute Gasteiger partial charge is 0.393 e. The van der Waals surface area contributed by atoms with Crippen LogP contribution in [0.1, 0.15) is 105 Å². The molecule has 4 rings (SSSR count). The van der Waals surface area contributed by atoms with Crippen LogP contribution in [0.3, 0.4) is 0 Å². The summed E-state index contributed by atoms with van der Waals surface area (Å²) in [6.45, 7) is 16.6. The minimum Gasteiger partial charge on any atom is -0.393 e. The molecular formula is C30H50O. The van der Waals surface area contributed by atoms with Crippen molar-refractivity contribution >= 4 is 0 Å². The molecule has 3 fully saturated rings. The van der Waals surface area contributed by atoms with Crippen molar-refractivity contribution in [3.63, 3.8) is 0 Å². The molecule has 0 heterocycles. The summed E-state index contributed by atoms with van der Waals surface area (Å²) < 4.78 is 0. The summed E-state index contributed by atoms with van der Waals surface area (Å²) >= 11 is 0. The zero-order valence-corrected chi connectivity index (χ0v) is 21.2. The standard InChI is InChI=1S/C30H50O/c1-7-22(20(2)3)10-8-9-21(4)26-13-14-27-25-12-11-23-19-24(31)15-17-29(23,5)28(25)16-18-30(26,27)6/h7,11,20-22,24-28,31H,1,8-10,12-19H2,2-6H3. The third-order valence-corrected chi connectivity index (χ3v) is 11.2. The van der Waals surface area contributed by atoms with Gasteiger partial charge in [-0.25, -0.2) is 0 Å². The number of aliphatic hydroxyl groups excluding tert-OH is 1. The lowest BCUT2D eigenvalue weighted by Crippen LogP contribution is -2.50. The first kappa shape index (κ1) is 23.6. The van der Waals surface area contributed by atoms with Crippen molar-refractivity contribution in [2.24, 2.45) is 52.3 Å². The monoisotopic (exact) mass is 426 g/mol. The molecule has 0 radical (unpaired) electrons. The maximum absolute atomic E-state index is 10.3. The van der Waals surface area contributed by atoms with Crippen molar-refractivity contribution in [3.05, 3.63) is 24.3 Å². The van der Waals surface area contributed by atoms with Crippen LogP contribution in [0.4, 0.5) is 0 Å². The van der Waals surface area contributed by atoms with Gasteiger partial charge in [0.2, 0.25) is 0 Å². The van der Waals surface area contributed by atoms with Crippen molar-refractivity contribution in [1.29, 1.82) is 0 Å². The minimum absolute atomic E-state index is 0.0853. The summed E-state index contributed by atoms with van der Waals surface area (Å²) in [6.07, 6.45) is 19.1. The van der Waals surface area contributed by atoms with Gasteiger partial charge in [0, 0.05) is 0 Å². The van der Waals surface area contributed by atoms with E-state index in [-0.39, 0.29) is 6.10 Å². The fraction of sp³-hybridized carbons (Fsp3) is 0.867. The molecule has 0 aromatic carbocycles. The molecule has 0 aliphatic heterocycles. The number of hydrogen-bond acceptors (Lipinski definition) is 1. The Labute approximate surface area is 193 Å². The van der Waals surface area contributed by atoms with E-state index in [2.05, 4.69) is 53.3 Å². The summed E-state index contributed by atoms with van der Waals surface area (Å²) in [5, 5.41) is 10.3. The third kappa shape index (κ3) is 4.11. The quantitative estimate of drug-likeness (QED) is 0.407. The molecule has 0 bridgehead atoms. The van der Waals surface area contributed by atoms with Crippen LogP contribution >= 0.6 is 0 Å². The van der Waals surface area contributed by atoms with Crippen LogP contribution in [-0.2, 0) is 0 Å². The van der Waals surface area contributed by atoms with Crippen LogP contribution in [0.15, 0.2) is 24.3 Å². The molecular weight excluding hydrogens is 376 g/mol. The summed E-state index contributed by atoms with van der Waals surface area (Å²) in [5.41, 5.74) is 2.55. The second kappa shape index (κ2) is 9.00. The van der Waals surface area contributed by atoms with Gasteiger partial charge < -0.3 is 5.11 Å². The van der Waals surface area contributed by atoms with E-state index in [9.17, 15) is 5.11 Å². The lowest BCUT2D eigenvalue weighted by molar-refractivity contribution is -0.0573. The van der Waals surface area contributed by atoms with Gasteiger partial charge in [-0.2, -0.15) is 0 Å². The summed E-state index contributed by atoms with van der Waals surface area (Å²) in [5.74, 6) is 5.88. The Morgan fingerprint density at radius 3 is 2.55 bits per heavy atom. The van der Waals surface area contributed by atoms with Gasteiger partial charge in [-0.1, -0.05) is 65.2 Å². The molecule has 0 spiro atoms. The summed E-state index contributed by atoms with van der Waals surface area (Å²) in [6, 6.07) is 0. The van der Waals surface area contributed by atoms with Gasteiger partial charge in [-0.05, 0) is 110 Å². The molecule has 0 aromatic heterocycles. The highest BCUT2D eigenvalue weighted by Crippen LogP contribution is 2.67. The van der Waals surface area contributed by atoms with Crippen LogP contribution in [0.25, 0.3) is 0 Å². The molecule has 3 saturated carbocycles. The molecule has 4 aliphatic rings. The number of rotatable bonds is 7. The Hall–Kier alpha value is -0.560. The van der Waals surface area contributed by atoms with Crippen LogP contribution in [0.2, 0.25) is 0 Å². The maximum atomic E-state index is 10.3. The SMILES string of the molecule is C=CC(CCCC(C)C1CCC2C3CC=C4CC(O)CCC4(C)C3CCC12C)C(C)C. The first-order valence-corrected chi connectivity index (χ1v) is 13.7. The van der Waals surface area contributed by atoms with Crippen LogP contribution < -0.4 is 0 Å². The molecule has 9 atom stereocenters. The maximum Gasteiger partial charge on any atom is 0.0577 e. The minimum atomic E-state index is -0.0853. The van der Waals surface area contributed by atoms with Crippen molar-refractivity contribution in [1.82, 2.24) is 0 Å². The fourth-order valence-electron chi connectivity index (χ4n) is 9.22. The van der Waals surface area contributed by atoms with E-state index < -0.39 is 0 Å². The lowest BCUT2D eigenvalue weighted by Gasteiger charge is -2.58. The van der Waals surface area contributed by atoms with Gasteiger partial charge in [0.15, 0.2) is 0 Å². The van der Waals surface area contributed by atoms with Crippen LogP contribution in [0, 0.1) is 52.3 Å². The highest BCUT2D eigenvalue weighted by Gasteiger charge is 2.59. The first-order valence-electron chi connectivity index (χ1n) is 13.7. The van der Waals surface area contributed by atoms with Crippen molar-refractivity contribution in [3.8, 4) is 0 Å². The third-order valence-electron chi connectivity index (χ3n) is 11.2. The van der Waals surface area contributed by atoms with E-state index in [0.717, 1.165) is 48.3 Å². The average Bonchev–Trinajstić information content (AvgIpc) is 3.08. The topological polar surface area (TPSA) is 20.2 Å². The molecule has 1 N–H and O–H groups in total. The molecule has 1 heteroatoms. The van der Waals surface area contributed by atoms with E-state index >= 15 is 0 Å². The van der Waals surface area contributed by atoms with Crippen molar-refractivity contribution in [2.75, 3.05) is 0 Å². The van der Waals surface area contributed by atoms with Gasteiger partial charge in [0.1, 0.15) is 0 Å². The van der Waals surface area contributed by atoms with Gasteiger partial charge in [0.25, 0.3) is 0 Å². The highest BCUT2D eigenvalue weighted by atomic mass is 16.3. The Balaban J connectivity index is 1.43. The smallest absolute Gasteiger partial charge is 0.0577 e. The normalized spacial score (nSPS) is 44.1. The van der Waals surface area contributed by atoms with Gasteiger partial charge >= 0.3 is 0 Å². The number of hydrogen-bond donors (Lipinski definition) is 1. The number of allylic oxidation sites excluding steroid dienone is 2. The number of aliphatic hydroxyl groups is 1. The second-order valence-electron chi connectivity index (χ2n) is 12.9. The van der Waals surface area contributed by atoms with Crippen LogP contribution in [0.5, 0.6) is 0 Å².